The normalized spacial score (nSPS) is 12.1. The minimum absolute atomic E-state index is 0.0990. The number of benzene rings is 3. The molecule has 0 bridgehead atoms. The van der Waals surface area contributed by atoms with Crippen molar-refractivity contribution in [3.63, 3.8) is 0 Å². The van der Waals surface area contributed by atoms with Crippen LogP contribution in [0.1, 0.15) is 25.5 Å². The lowest BCUT2D eigenvalue weighted by atomic mass is 9.82. The number of anilines is 3. The van der Waals surface area contributed by atoms with E-state index in [9.17, 15) is 9.59 Å². The van der Waals surface area contributed by atoms with Crippen LogP contribution < -0.4 is 21.1 Å². The Hall–Kier alpha value is -3.82. The van der Waals surface area contributed by atoms with Gasteiger partial charge in [-0.3, -0.25) is 10.1 Å². The van der Waals surface area contributed by atoms with Gasteiger partial charge in [0.2, 0.25) is 5.91 Å². The van der Waals surface area contributed by atoms with Crippen LogP contribution in [0.3, 0.4) is 0 Å². The molecule has 2 amide bonds. The monoisotopic (exact) mass is 567 g/mol. The molecule has 0 heterocycles. The Morgan fingerprint density at radius 2 is 1.70 bits per heavy atom. The number of ether oxygens (including phenoxy) is 2. The van der Waals surface area contributed by atoms with E-state index in [1.54, 1.807) is 66.7 Å². The van der Waals surface area contributed by atoms with Crippen molar-refractivity contribution in [2.45, 2.75) is 20.0 Å². The molecule has 5 N–H and O–H groups in total. The predicted molar refractivity (Wildman–Crippen MR) is 148 cm³/mol. The Morgan fingerprint density at radius 3 is 2.35 bits per heavy atom. The maximum absolute atomic E-state index is 12.8. The first-order valence-electron chi connectivity index (χ1n) is 11.6. The average Bonchev–Trinajstić information content (AvgIpc) is 2.88. The molecule has 0 radical (unpaired) electrons. The van der Waals surface area contributed by atoms with Crippen LogP contribution in [-0.4, -0.2) is 30.3 Å². The van der Waals surface area contributed by atoms with E-state index in [2.05, 4.69) is 26.6 Å². The number of rotatable bonds is 10. The molecule has 0 fully saturated rings. The Kier molecular flexibility index (Phi) is 9.71. The van der Waals surface area contributed by atoms with Crippen LogP contribution in [-0.2, 0) is 9.53 Å². The van der Waals surface area contributed by atoms with Crippen LogP contribution in [0.25, 0.3) is 0 Å². The van der Waals surface area contributed by atoms with Gasteiger partial charge < -0.3 is 25.6 Å². The van der Waals surface area contributed by atoms with Gasteiger partial charge >= 0.3 is 6.09 Å². The molecule has 8 nitrogen and oxygen atoms in total. The maximum Gasteiger partial charge on any atom is 0.412 e. The van der Waals surface area contributed by atoms with E-state index in [4.69, 9.17) is 20.3 Å². The van der Waals surface area contributed by atoms with Crippen LogP contribution in [0.15, 0.2) is 89.4 Å². The van der Waals surface area contributed by atoms with Gasteiger partial charge in [-0.25, -0.2) is 4.79 Å². The number of hydrogen-bond donors (Lipinski definition) is 4. The molecule has 3 rings (SSSR count). The molecule has 3 aromatic carbocycles. The topological polar surface area (TPSA) is 123 Å². The van der Waals surface area contributed by atoms with Crippen LogP contribution >= 0.6 is 15.9 Å². The van der Waals surface area contributed by atoms with E-state index < -0.39 is 17.6 Å². The number of nitrogen functional groups attached to an aromatic ring is 1. The molecular weight excluding hydrogens is 538 g/mol. The van der Waals surface area contributed by atoms with Gasteiger partial charge in [-0.15, -0.1) is 0 Å². The molecule has 0 aromatic heterocycles. The summed E-state index contributed by atoms with van der Waals surface area (Å²) in [7, 11) is 0. The summed E-state index contributed by atoms with van der Waals surface area (Å²) in [6, 6.07) is 21.1. The number of para-hydroxylation sites is 2. The van der Waals surface area contributed by atoms with Gasteiger partial charge in [0, 0.05) is 15.6 Å². The average molecular weight is 568 g/mol. The summed E-state index contributed by atoms with van der Waals surface area (Å²) in [5.41, 5.74) is 7.37. The standard InChI is InChI=1S/C28H30BrN3O5/c1-28(2,16-15-25(34)32-24-6-4-3-5-23(24)30)26(19-7-13-22(14-8-19)36-18-17-33)37-27(35)31-21-11-9-20(29)10-12-21/h3-16,26,33H,17-18,30H2,1-2H3,(H,31,35)(H,32,34)/b16-15+/t26-/m0/s1. The fourth-order valence-corrected chi connectivity index (χ4v) is 3.77. The fraction of sp³-hybridized carbons (Fsp3) is 0.214. The highest BCUT2D eigenvalue weighted by Gasteiger charge is 2.32. The summed E-state index contributed by atoms with van der Waals surface area (Å²) in [5, 5.41) is 14.5. The third-order valence-electron chi connectivity index (χ3n) is 5.42. The summed E-state index contributed by atoms with van der Waals surface area (Å²) < 4.78 is 12.2. The molecule has 3 aromatic rings. The van der Waals surface area contributed by atoms with Crippen molar-refractivity contribution >= 4 is 45.0 Å². The zero-order valence-corrected chi connectivity index (χ0v) is 22.2. The molecule has 0 spiro atoms. The van der Waals surface area contributed by atoms with E-state index in [1.807, 2.05) is 26.0 Å². The summed E-state index contributed by atoms with van der Waals surface area (Å²) in [6.45, 7) is 3.80. The first kappa shape index (κ1) is 27.8. The molecule has 1 atom stereocenters. The second-order valence-electron chi connectivity index (χ2n) is 8.79. The third kappa shape index (κ3) is 8.37. The summed E-state index contributed by atoms with van der Waals surface area (Å²) in [5.74, 6) is 0.209. The van der Waals surface area contributed by atoms with Crippen molar-refractivity contribution in [1.29, 1.82) is 0 Å². The highest BCUT2D eigenvalue weighted by molar-refractivity contribution is 9.10. The second-order valence-corrected chi connectivity index (χ2v) is 9.71. The summed E-state index contributed by atoms with van der Waals surface area (Å²) in [6.07, 6.45) is 1.69. The Labute approximate surface area is 224 Å². The number of aliphatic hydroxyl groups excluding tert-OH is 1. The van der Waals surface area contributed by atoms with Crippen LogP contribution in [0.5, 0.6) is 5.75 Å². The lowest BCUT2D eigenvalue weighted by molar-refractivity contribution is -0.112. The third-order valence-corrected chi connectivity index (χ3v) is 5.95. The number of nitrogens with one attached hydrogen (secondary N) is 2. The largest absolute Gasteiger partial charge is 0.491 e. The highest BCUT2D eigenvalue weighted by atomic mass is 79.9. The molecule has 0 aliphatic rings. The molecule has 0 saturated carbocycles. The van der Waals surface area contributed by atoms with Crippen LogP contribution in [0.2, 0.25) is 0 Å². The minimum atomic E-state index is -0.788. The van der Waals surface area contributed by atoms with Crippen molar-refractivity contribution in [3.8, 4) is 5.75 Å². The van der Waals surface area contributed by atoms with Gasteiger partial charge in [0.05, 0.1) is 18.0 Å². The first-order valence-corrected chi connectivity index (χ1v) is 12.4. The summed E-state index contributed by atoms with van der Waals surface area (Å²) in [4.78, 5) is 25.4. The molecule has 0 aliphatic heterocycles. The van der Waals surface area contributed by atoms with E-state index in [0.29, 0.717) is 28.4 Å². The van der Waals surface area contributed by atoms with Crippen molar-refractivity contribution in [2.75, 3.05) is 29.6 Å². The van der Waals surface area contributed by atoms with Gasteiger partial charge in [0.25, 0.3) is 0 Å². The molecule has 37 heavy (non-hydrogen) atoms. The van der Waals surface area contributed by atoms with E-state index in [1.165, 1.54) is 6.08 Å². The lowest BCUT2D eigenvalue weighted by Gasteiger charge is -2.31. The molecule has 0 saturated heterocycles. The number of hydrogen-bond acceptors (Lipinski definition) is 6. The van der Waals surface area contributed by atoms with Gasteiger partial charge in [0.15, 0.2) is 0 Å². The quantitative estimate of drug-likeness (QED) is 0.178. The molecule has 0 aliphatic carbocycles. The van der Waals surface area contributed by atoms with E-state index in [0.717, 1.165) is 4.47 Å². The van der Waals surface area contributed by atoms with E-state index >= 15 is 0 Å². The zero-order valence-electron chi connectivity index (χ0n) is 20.6. The fourth-order valence-electron chi connectivity index (χ4n) is 3.50. The minimum Gasteiger partial charge on any atom is -0.491 e. The first-order chi connectivity index (χ1) is 17.7. The van der Waals surface area contributed by atoms with Crippen molar-refractivity contribution in [1.82, 2.24) is 0 Å². The summed E-state index contributed by atoms with van der Waals surface area (Å²) >= 11 is 3.37. The van der Waals surface area contributed by atoms with Gasteiger partial charge in [0.1, 0.15) is 18.5 Å². The van der Waals surface area contributed by atoms with Gasteiger partial charge in [-0.05, 0) is 60.2 Å². The number of amides is 2. The molecule has 194 valence electrons. The van der Waals surface area contributed by atoms with Crippen LogP contribution in [0.4, 0.5) is 21.9 Å². The number of nitrogens with two attached hydrogens (primary N) is 1. The lowest BCUT2D eigenvalue weighted by Crippen LogP contribution is -2.28. The van der Waals surface area contributed by atoms with Gasteiger partial charge in [-0.2, -0.15) is 0 Å². The number of aliphatic hydroxyl groups is 1. The van der Waals surface area contributed by atoms with Crippen LogP contribution in [0, 0.1) is 5.41 Å². The zero-order chi connectivity index (χ0) is 26.8. The van der Waals surface area contributed by atoms with Crippen molar-refractivity contribution < 1.29 is 24.2 Å². The van der Waals surface area contributed by atoms with Crippen molar-refractivity contribution in [2.24, 2.45) is 5.41 Å². The molecular formula is C28H30BrN3O5. The highest BCUT2D eigenvalue weighted by Crippen LogP contribution is 2.39. The smallest absolute Gasteiger partial charge is 0.412 e. The Bertz CT molecular complexity index is 1230. The Morgan fingerprint density at radius 1 is 1.03 bits per heavy atom. The predicted octanol–water partition coefficient (Wildman–Crippen LogP) is 5.91. The van der Waals surface area contributed by atoms with Gasteiger partial charge in [-0.1, -0.05) is 60.1 Å². The molecule has 0 unspecified atom stereocenters. The SMILES string of the molecule is CC(C)(/C=C/C(=O)Nc1ccccc1N)[C@@H](OC(=O)Nc1ccc(Br)cc1)c1ccc(OCCO)cc1. The van der Waals surface area contributed by atoms with Crippen molar-refractivity contribution in [3.05, 3.63) is 95.0 Å². The Balaban J connectivity index is 1.81. The number of halogens is 1. The second kappa shape index (κ2) is 12.9. The maximum atomic E-state index is 12.8. The number of carbonyl (C=O) groups excluding carboxylic acids is 2. The molecule has 9 heteroatoms. The number of carbonyl (C=O) groups is 2. The van der Waals surface area contributed by atoms with E-state index in [-0.39, 0.29) is 19.1 Å².